The molecule has 4 rings (SSSR count). The van der Waals surface area contributed by atoms with Gasteiger partial charge in [0.1, 0.15) is 18.2 Å². The molecule has 1 saturated heterocycles. The van der Waals surface area contributed by atoms with E-state index in [9.17, 15) is 24.0 Å². The number of hydrogen-bond acceptors (Lipinski definition) is 6. The van der Waals surface area contributed by atoms with E-state index in [1.165, 1.54) is 6.08 Å². The second-order valence-corrected chi connectivity index (χ2v) is 14.1. The molecule has 4 aliphatic rings. The average molecular weight is 601 g/mol. The fourth-order valence-corrected chi connectivity index (χ4v) is 8.04. The minimum absolute atomic E-state index is 0.0367. The predicted molar refractivity (Wildman–Crippen MR) is 163 cm³/mol. The maximum absolute atomic E-state index is 14.3. The van der Waals surface area contributed by atoms with Gasteiger partial charge in [0.05, 0.1) is 6.04 Å². The number of hydrogen-bond donors (Lipinski definition) is 3. The summed E-state index contributed by atoms with van der Waals surface area (Å²) in [4.78, 5) is 68.4. The van der Waals surface area contributed by atoms with Crippen LogP contribution in [0.3, 0.4) is 0 Å². The van der Waals surface area contributed by atoms with Gasteiger partial charge in [-0.3, -0.25) is 19.2 Å². The Morgan fingerprint density at radius 1 is 1.05 bits per heavy atom. The molecular weight excluding hydrogens is 548 g/mol. The Labute approximate surface area is 256 Å². The summed E-state index contributed by atoms with van der Waals surface area (Å²) in [6, 6.07) is -2.55. The van der Waals surface area contributed by atoms with Crippen molar-refractivity contribution in [3.8, 4) is 0 Å². The topological polar surface area (TPSA) is 134 Å². The maximum atomic E-state index is 14.3. The molecule has 3 N–H and O–H groups in total. The van der Waals surface area contributed by atoms with Crippen LogP contribution in [-0.2, 0) is 23.9 Å². The zero-order valence-corrected chi connectivity index (χ0v) is 26.7. The normalized spacial score (nSPS) is 30.9. The van der Waals surface area contributed by atoms with Crippen LogP contribution < -0.4 is 16.0 Å². The number of carbonyl (C=O) groups is 5. The smallest absolute Gasteiger partial charge is 0.408 e. The highest BCUT2D eigenvalue weighted by molar-refractivity contribution is 6.38. The lowest BCUT2D eigenvalue weighted by Crippen LogP contribution is -2.59. The number of alkyl carbamates (subject to hydrolysis) is 1. The number of piperidine rings is 1. The number of ether oxygens (including phenoxy) is 1. The highest BCUT2D eigenvalue weighted by Crippen LogP contribution is 2.65. The van der Waals surface area contributed by atoms with Gasteiger partial charge in [-0.05, 0) is 67.1 Å². The molecule has 240 valence electrons. The van der Waals surface area contributed by atoms with E-state index in [0.29, 0.717) is 25.3 Å². The quantitative estimate of drug-likeness (QED) is 0.231. The molecule has 6 unspecified atom stereocenters. The second-order valence-electron chi connectivity index (χ2n) is 14.1. The minimum atomic E-state index is -0.988. The number of carbonyl (C=O) groups excluding carboxylic acids is 5. The molecule has 0 bridgehead atoms. The highest BCUT2D eigenvalue weighted by atomic mass is 16.6. The molecule has 3 saturated carbocycles. The first-order valence-corrected chi connectivity index (χ1v) is 16.4. The van der Waals surface area contributed by atoms with Crippen molar-refractivity contribution in [1.29, 1.82) is 0 Å². The predicted octanol–water partition coefficient (Wildman–Crippen LogP) is 3.74. The third-order valence-corrected chi connectivity index (χ3v) is 10.6. The third-order valence-electron chi connectivity index (χ3n) is 10.6. The van der Waals surface area contributed by atoms with Gasteiger partial charge >= 0.3 is 6.09 Å². The van der Waals surface area contributed by atoms with E-state index in [1.54, 1.807) is 4.90 Å². The van der Waals surface area contributed by atoms with Crippen LogP contribution >= 0.6 is 0 Å². The van der Waals surface area contributed by atoms with E-state index < -0.39 is 41.8 Å². The molecule has 0 radical (unpaired) electrons. The van der Waals surface area contributed by atoms with Crippen LogP contribution in [0.25, 0.3) is 0 Å². The lowest BCUT2D eigenvalue weighted by atomic mass is 9.83. The lowest BCUT2D eigenvalue weighted by molar-refractivity contribution is -0.145. The van der Waals surface area contributed by atoms with Gasteiger partial charge in [0, 0.05) is 13.1 Å². The van der Waals surface area contributed by atoms with Crippen molar-refractivity contribution in [2.75, 3.05) is 13.1 Å². The Bertz CT molecular complexity index is 1090. The molecule has 43 heavy (non-hydrogen) atoms. The van der Waals surface area contributed by atoms with E-state index in [4.69, 9.17) is 4.74 Å². The number of amides is 4. The summed E-state index contributed by atoms with van der Waals surface area (Å²) in [5.74, 6) is -1.37. The Morgan fingerprint density at radius 3 is 2.35 bits per heavy atom. The summed E-state index contributed by atoms with van der Waals surface area (Å²) in [6.45, 7) is 14.4. The van der Waals surface area contributed by atoms with Gasteiger partial charge < -0.3 is 25.6 Å². The number of Topliss-reactive ketones (excluding diaryl/α,β-unsaturated/α-hetero) is 1. The fraction of sp³-hybridized carbons (Fsp3) is 0.788. The molecule has 4 amide bonds. The highest BCUT2D eigenvalue weighted by Gasteiger charge is 2.69. The van der Waals surface area contributed by atoms with Gasteiger partial charge in [-0.1, -0.05) is 66.4 Å². The minimum Gasteiger partial charge on any atom is -0.446 e. The Morgan fingerprint density at radius 2 is 1.74 bits per heavy atom. The largest absolute Gasteiger partial charge is 0.446 e. The van der Waals surface area contributed by atoms with E-state index >= 15 is 0 Å². The first kappa shape index (κ1) is 33.0. The van der Waals surface area contributed by atoms with E-state index in [2.05, 4.69) is 50.2 Å². The molecule has 8 atom stereocenters. The molecule has 0 aromatic heterocycles. The van der Waals surface area contributed by atoms with Crippen LogP contribution in [0, 0.1) is 35.0 Å². The lowest BCUT2D eigenvalue weighted by Gasteiger charge is -2.37. The van der Waals surface area contributed by atoms with Crippen molar-refractivity contribution >= 4 is 29.6 Å². The molecule has 1 heterocycles. The fourth-order valence-electron chi connectivity index (χ4n) is 8.04. The average Bonchev–Trinajstić information content (AvgIpc) is 3.26. The first-order valence-electron chi connectivity index (χ1n) is 16.4. The van der Waals surface area contributed by atoms with Crippen molar-refractivity contribution in [3.05, 3.63) is 12.7 Å². The standard InChI is InChI=1S/C33H52N4O6/c1-7-12-23(28(38)30(40)34-15-8-2)35-29(39)27-25-22(33(25,5)6)18-37(27)31(41)26(21-13-10-9-11-14-21)36-32(42)43-24-17-19(3)16-20(24)4/h8,19-27H,2,7,9-18H2,1,3-6H3,(H,34,40)(H,35,39)(H,36,42)/t19?,20?,22-,23?,24?,25-,26?,27?/m1/s1. The van der Waals surface area contributed by atoms with Gasteiger partial charge in [0.15, 0.2) is 0 Å². The van der Waals surface area contributed by atoms with Crippen molar-refractivity contribution in [2.24, 2.45) is 35.0 Å². The molecule has 3 aliphatic carbocycles. The summed E-state index contributed by atoms with van der Waals surface area (Å²) in [7, 11) is 0. The van der Waals surface area contributed by atoms with Crippen molar-refractivity contribution in [2.45, 2.75) is 117 Å². The van der Waals surface area contributed by atoms with Crippen LogP contribution in [0.1, 0.15) is 92.4 Å². The van der Waals surface area contributed by atoms with Crippen LogP contribution in [0.2, 0.25) is 0 Å². The third kappa shape index (κ3) is 7.26. The summed E-state index contributed by atoms with van der Waals surface area (Å²) in [6.07, 6.45) is 8.16. The number of ketones is 1. The number of nitrogens with zero attached hydrogens (tertiary/aromatic N) is 1. The Hall–Kier alpha value is -2.91. The van der Waals surface area contributed by atoms with Crippen molar-refractivity contribution < 1.29 is 28.7 Å². The molecule has 0 spiro atoms. The summed E-state index contributed by atoms with van der Waals surface area (Å²) >= 11 is 0. The molecule has 0 aromatic rings. The van der Waals surface area contributed by atoms with Crippen LogP contribution in [0.4, 0.5) is 4.79 Å². The summed E-state index contributed by atoms with van der Waals surface area (Å²) < 4.78 is 5.84. The monoisotopic (exact) mass is 600 g/mol. The molecular formula is C33H52N4O6. The maximum Gasteiger partial charge on any atom is 0.408 e. The van der Waals surface area contributed by atoms with Crippen LogP contribution in [-0.4, -0.2) is 71.8 Å². The van der Waals surface area contributed by atoms with Crippen molar-refractivity contribution in [3.63, 3.8) is 0 Å². The molecule has 0 aromatic carbocycles. The number of nitrogens with one attached hydrogen (secondary N) is 3. The molecule has 4 fully saturated rings. The molecule has 10 nitrogen and oxygen atoms in total. The van der Waals surface area contributed by atoms with Gasteiger partial charge in [-0.15, -0.1) is 6.58 Å². The number of fused-ring (bicyclic) bond motifs is 1. The van der Waals surface area contributed by atoms with Gasteiger partial charge in [0.25, 0.3) is 5.91 Å². The van der Waals surface area contributed by atoms with Crippen LogP contribution in [0.5, 0.6) is 0 Å². The van der Waals surface area contributed by atoms with Gasteiger partial charge in [-0.25, -0.2) is 4.79 Å². The number of rotatable bonds is 12. The number of likely N-dealkylation sites (tertiary alicyclic amines) is 1. The summed E-state index contributed by atoms with van der Waals surface area (Å²) in [5.41, 5.74) is -0.133. The van der Waals surface area contributed by atoms with Crippen molar-refractivity contribution in [1.82, 2.24) is 20.9 Å². The van der Waals surface area contributed by atoms with Gasteiger partial charge in [-0.2, -0.15) is 0 Å². The summed E-state index contributed by atoms with van der Waals surface area (Å²) in [5, 5.41) is 8.28. The van der Waals surface area contributed by atoms with E-state index in [1.807, 2.05) is 6.92 Å². The van der Waals surface area contributed by atoms with E-state index in [0.717, 1.165) is 44.9 Å². The zero-order valence-electron chi connectivity index (χ0n) is 26.7. The first-order chi connectivity index (χ1) is 20.4. The SMILES string of the molecule is C=CCNC(=O)C(=O)C(CCC)NC(=O)C1[C@H]2[C@@H](CN1C(=O)C(NC(=O)OC1CC(C)CC1C)C1CCCCC1)C2(C)C. The Balaban J connectivity index is 1.52. The molecule has 1 aliphatic heterocycles. The second kappa shape index (κ2) is 13.8. The van der Waals surface area contributed by atoms with Crippen LogP contribution in [0.15, 0.2) is 12.7 Å². The van der Waals surface area contributed by atoms with Gasteiger partial charge in [0.2, 0.25) is 17.6 Å². The Kier molecular flexibility index (Phi) is 10.6. The zero-order chi connectivity index (χ0) is 31.5. The molecule has 10 heteroatoms. The van der Waals surface area contributed by atoms with E-state index in [-0.39, 0.29) is 47.6 Å².